The summed E-state index contributed by atoms with van der Waals surface area (Å²) in [5.74, 6) is -1.07. The Bertz CT molecular complexity index is 1760. The zero-order valence-electron chi connectivity index (χ0n) is 26.3. The molecular formula is C32H33N5O11. The summed E-state index contributed by atoms with van der Waals surface area (Å²) in [7, 11) is 3.85. The molecule has 0 atom stereocenters. The summed E-state index contributed by atoms with van der Waals surface area (Å²) in [5.41, 5.74) is 2.94. The van der Waals surface area contributed by atoms with Crippen molar-refractivity contribution < 1.29 is 48.1 Å². The standard InChI is InChI=1S/C14H15N3O3.C10H11NO3.C8H7NO5/c1-19-14(18)11-3-2-4-12-13(11)20-6-5-17(12)8-10-7-15-9-16-10;1-13-10(12)7-3-2-4-8-9(7)14-6-5-11-8;1-14-8(11)5-3-2-4-6(7(5)10)9(12)13/h2-4,7,9H,5-6,8H2,1H3,(H,15,16);2-4,11H,5-6H2,1H3;2-4,10H,1H3. The van der Waals surface area contributed by atoms with E-state index in [2.05, 4.69) is 29.7 Å². The number of phenolic OH excluding ortho intramolecular Hbond substituents is 1. The molecule has 0 fully saturated rings. The molecule has 0 aliphatic carbocycles. The van der Waals surface area contributed by atoms with E-state index >= 15 is 0 Å². The predicted octanol–water partition coefficient (Wildman–Crippen LogP) is 3.96. The van der Waals surface area contributed by atoms with Crippen LogP contribution in [0.15, 0.2) is 67.1 Å². The lowest BCUT2D eigenvalue weighted by molar-refractivity contribution is -0.385. The third-order valence-electron chi connectivity index (χ3n) is 6.96. The molecule has 2 aliphatic heterocycles. The number of hydrogen-bond acceptors (Lipinski definition) is 14. The molecule has 0 radical (unpaired) electrons. The lowest BCUT2D eigenvalue weighted by atomic mass is 10.1. The molecule has 3 N–H and O–H groups in total. The fourth-order valence-electron chi connectivity index (χ4n) is 4.71. The van der Waals surface area contributed by atoms with Crippen molar-refractivity contribution in [2.24, 2.45) is 0 Å². The van der Waals surface area contributed by atoms with Crippen LogP contribution >= 0.6 is 0 Å². The molecule has 48 heavy (non-hydrogen) atoms. The molecular weight excluding hydrogens is 630 g/mol. The average Bonchev–Trinajstić information content (AvgIpc) is 3.64. The number of hydrogen-bond donors (Lipinski definition) is 3. The van der Waals surface area contributed by atoms with Gasteiger partial charge in [0, 0.05) is 18.8 Å². The molecule has 6 rings (SSSR count). The first-order valence-electron chi connectivity index (χ1n) is 14.4. The number of para-hydroxylation sites is 3. The van der Waals surface area contributed by atoms with Crippen molar-refractivity contribution in [3.63, 3.8) is 0 Å². The minimum Gasteiger partial charge on any atom is -0.501 e. The molecule has 0 saturated carbocycles. The highest BCUT2D eigenvalue weighted by atomic mass is 16.6. The van der Waals surface area contributed by atoms with Gasteiger partial charge in [0.05, 0.1) is 62.7 Å². The highest BCUT2D eigenvalue weighted by Crippen LogP contribution is 2.36. The van der Waals surface area contributed by atoms with Crippen LogP contribution in [0.4, 0.5) is 17.1 Å². The van der Waals surface area contributed by atoms with E-state index in [0.29, 0.717) is 42.4 Å². The molecule has 0 unspecified atom stereocenters. The number of carbonyl (C=O) groups is 3. The smallest absolute Gasteiger partial charge is 0.341 e. The van der Waals surface area contributed by atoms with E-state index in [1.54, 1.807) is 30.7 Å². The van der Waals surface area contributed by atoms with Gasteiger partial charge in [-0.2, -0.15) is 0 Å². The Morgan fingerprint density at radius 2 is 1.50 bits per heavy atom. The van der Waals surface area contributed by atoms with Crippen LogP contribution in [-0.2, 0) is 20.8 Å². The second-order valence-corrected chi connectivity index (χ2v) is 9.86. The number of nitro groups is 1. The Balaban J connectivity index is 0.000000167. The van der Waals surface area contributed by atoms with Crippen LogP contribution < -0.4 is 19.7 Å². The fourth-order valence-corrected chi connectivity index (χ4v) is 4.71. The van der Waals surface area contributed by atoms with Gasteiger partial charge in [-0.1, -0.05) is 18.2 Å². The quantitative estimate of drug-likeness (QED) is 0.116. The number of methoxy groups -OCH3 is 3. The second-order valence-electron chi connectivity index (χ2n) is 9.86. The lowest BCUT2D eigenvalue weighted by Gasteiger charge is -2.31. The topological polar surface area (TPSA) is 205 Å². The van der Waals surface area contributed by atoms with Gasteiger partial charge in [-0.05, 0) is 30.3 Å². The molecule has 3 heterocycles. The largest absolute Gasteiger partial charge is 0.501 e. The Kier molecular flexibility index (Phi) is 11.7. The van der Waals surface area contributed by atoms with E-state index in [9.17, 15) is 29.6 Å². The van der Waals surface area contributed by atoms with Gasteiger partial charge < -0.3 is 44.0 Å². The van der Waals surface area contributed by atoms with Crippen molar-refractivity contribution in [1.29, 1.82) is 0 Å². The monoisotopic (exact) mass is 663 g/mol. The molecule has 0 spiro atoms. The number of aromatic nitrogens is 2. The van der Waals surface area contributed by atoms with Gasteiger partial charge in [-0.25, -0.2) is 19.4 Å². The number of anilines is 2. The minimum absolute atomic E-state index is 0.221. The third-order valence-corrected chi connectivity index (χ3v) is 6.96. The molecule has 252 valence electrons. The van der Waals surface area contributed by atoms with Gasteiger partial charge in [0.25, 0.3) is 0 Å². The number of benzene rings is 3. The van der Waals surface area contributed by atoms with E-state index in [1.165, 1.54) is 26.4 Å². The highest BCUT2D eigenvalue weighted by molar-refractivity contribution is 5.96. The molecule has 16 nitrogen and oxygen atoms in total. The van der Waals surface area contributed by atoms with Gasteiger partial charge in [-0.15, -0.1) is 0 Å². The first-order chi connectivity index (χ1) is 23.2. The number of carbonyl (C=O) groups excluding carboxylic acids is 3. The maximum atomic E-state index is 11.8. The van der Waals surface area contributed by atoms with E-state index < -0.39 is 22.3 Å². The predicted molar refractivity (Wildman–Crippen MR) is 171 cm³/mol. The molecule has 0 amide bonds. The highest BCUT2D eigenvalue weighted by Gasteiger charge is 2.25. The van der Waals surface area contributed by atoms with Gasteiger partial charge >= 0.3 is 23.6 Å². The zero-order chi connectivity index (χ0) is 34.6. The number of ether oxygens (including phenoxy) is 5. The number of H-pyrrole nitrogens is 1. The van der Waals surface area contributed by atoms with E-state index in [-0.39, 0.29) is 17.5 Å². The summed E-state index contributed by atoms with van der Waals surface area (Å²) < 4.78 is 24.8. The molecule has 3 aromatic carbocycles. The maximum Gasteiger partial charge on any atom is 0.341 e. The first kappa shape index (κ1) is 34.6. The number of rotatable bonds is 6. The van der Waals surface area contributed by atoms with Crippen molar-refractivity contribution in [3.05, 3.63) is 99.6 Å². The summed E-state index contributed by atoms with van der Waals surface area (Å²) in [4.78, 5) is 53.0. The molecule has 0 saturated heterocycles. The molecule has 4 aromatic rings. The fraction of sp³-hybridized carbons (Fsp3) is 0.250. The van der Waals surface area contributed by atoms with Crippen molar-refractivity contribution in [2.75, 3.05) is 57.8 Å². The van der Waals surface area contributed by atoms with Gasteiger partial charge in [-0.3, -0.25) is 10.1 Å². The molecule has 1 aromatic heterocycles. The van der Waals surface area contributed by atoms with Crippen LogP contribution in [-0.4, -0.2) is 85.5 Å². The Hall–Kier alpha value is -6.32. The maximum absolute atomic E-state index is 11.8. The minimum atomic E-state index is -0.814. The summed E-state index contributed by atoms with van der Waals surface area (Å²) in [6.07, 6.45) is 3.45. The SMILES string of the molecule is COC(=O)c1cccc([N+](=O)[O-])c1O.COC(=O)c1cccc2c1OCCN2.COC(=O)c1cccc2c1OCCN2Cc1cnc[nH]1. The normalized spacial score (nSPS) is 12.4. The van der Waals surface area contributed by atoms with E-state index in [4.69, 9.17) is 14.2 Å². The number of nitrogens with one attached hydrogen (secondary N) is 2. The second kappa shape index (κ2) is 16.3. The molecule has 2 aliphatic rings. The Morgan fingerprint density at radius 1 is 0.896 bits per heavy atom. The summed E-state index contributed by atoms with van der Waals surface area (Å²) >= 11 is 0. The Morgan fingerprint density at radius 3 is 2.15 bits per heavy atom. The van der Waals surface area contributed by atoms with E-state index in [1.807, 2.05) is 18.2 Å². The number of phenols is 1. The number of aromatic hydroxyl groups is 1. The molecule has 16 heteroatoms. The van der Waals surface area contributed by atoms with E-state index in [0.717, 1.165) is 43.3 Å². The summed E-state index contributed by atoms with van der Waals surface area (Å²) in [5, 5.41) is 22.8. The first-order valence-corrected chi connectivity index (χ1v) is 14.4. The third kappa shape index (κ3) is 8.09. The van der Waals surface area contributed by atoms with Crippen LogP contribution in [0, 0.1) is 10.1 Å². The Labute approximate surface area is 274 Å². The zero-order valence-corrected chi connectivity index (χ0v) is 26.3. The van der Waals surface area contributed by atoms with Gasteiger partial charge in [0.15, 0.2) is 11.5 Å². The van der Waals surface area contributed by atoms with Crippen LogP contribution in [0.25, 0.3) is 0 Å². The van der Waals surface area contributed by atoms with Crippen LogP contribution in [0.2, 0.25) is 0 Å². The number of aromatic amines is 1. The van der Waals surface area contributed by atoms with Crippen LogP contribution in [0.3, 0.4) is 0 Å². The number of imidazole rings is 1. The average molecular weight is 664 g/mol. The number of nitro benzene ring substituents is 1. The number of fused-ring (bicyclic) bond motifs is 2. The van der Waals surface area contributed by atoms with Crippen molar-refractivity contribution >= 4 is 35.0 Å². The van der Waals surface area contributed by atoms with Crippen LogP contribution in [0.1, 0.15) is 36.8 Å². The van der Waals surface area contributed by atoms with Crippen molar-refractivity contribution in [2.45, 2.75) is 6.54 Å². The lowest BCUT2D eigenvalue weighted by Crippen LogP contribution is -2.33. The van der Waals surface area contributed by atoms with Crippen LogP contribution in [0.5, 0.6) is 17.2 Å². The van der Waals surface area contributed by atoms with Crippen molar-refractivity contribution in [3.8, 4) is 17.2 Å². The number of esters is 3. The van der Waals surface area contributed by atoms with Gasteiger partial charge in [0.2, 0.25) is 5.75 Å². The van der Waals surface area contributed by atoms with Crippen molar-refractivity contribution in [1.82, 2.24) is 9.97 Å². The summed E-state index contributed by atoms with van der Waals surface area (Å²) in [6.45, 7) is 3.32. The van der Waals surface area contributed by atoms with Gasteiger partial charge in [0.1, 0.15) is 29.9 Å². The number of nitrogens with zero attached hydrogens (tertiary/aromatic N) is 3. The summed E-state index contributed by atoms with van der Waals surface area (Å²) in [6, 6.07) is 14.5. The molecule has 0 bridgehead atoms.